The Kier molecular flexibility index (Phi) is 8.94. The van der Waals surface area contributed by atoms with Crippen LogP contribution in [0.25, 0.3) is 5.69 Å². The highest BCUT2D eigenvalue weighted by Crippen LogP contribution is 2.33. The third kappa shape index (κ3) is 6.37. The van der Waals surface area contributed by atoms with Crippen molar-refractivity contribution in [3.8, 4) is 17.3 Å². The fourth-order valence-electron chi connectivity index (χ4n) is 3.54. The fourth-order valence-corrected chi connectivity index (χ4v) is 3.54. The van der Waals surface area contributed by atoms with Gasteiger partial charge in [0.05, 0.1) is 29.7 Å². The van der Waals surface area contributed by atoms with Gasteiger partial charge in [0, 0.05) is 32.8 Å². The molecule has 0 fully saturated rings. The molecule has 0 unspecified atom stereocenters. The van der Waals surface area contributed by atoms with Gasteiger partial charge in [0.1, 0.15) is 5.82 Å². The molecule has 0 aliphatic carbocycles. The van der Waals surface area contributed by atoms with Crippen molar-refractivity contribution in [3.63, 3.8) is 0 Å². The number of hydrogen-bond donors (Lipinski definition) is 1. The zero-order chi connectivity index (χ0) is 23.8. The van der Waals surface area contributed by atoms with E-state index in [1.165, 1.54) is 6.07 Å². The molecule has 3 rings (SSSR count). The van der Waals surface area contributed by atoms with E-state index in [1.54, 1.807) is 11.8 Å². The van der Waals surface area contributed by atoms with E-state index < -0.39 is 17.7 Å². The van der Waals surface area contributed by atoms with E-state index in [-0.39, 0.29) is 5.75 Å². The molecule has 0 bridgehead atoms. The van der Waals surface area contributed by atoms with Gasteiger partial charge in [-0.2, -0.15) is 5.10 Å². The quantitative estimate of drug-likeness (QED) is 0.425. The van der Waals surface area contributed by atoms with Crippen LogP contribution in [0, 0.1) is 11.6 Å². The molecule has 0 saturated heterocycles. The lowest BCUT2D eigenvalue weighted by molar-refractivity contribution is 0.0825. The number of ether oxygens (including phenoxy) is 2. The normalized spacial score (nSPS) is 12.3. The molecule has 0 saturated carbocycles. The summed E-state index contributed by atoms with van der Waals surface area (Å²) in [6, 6.07) is 12.6. The van der Waals surface area contributed by atoms with Crippen molar-refractivity contribution in [3.05, 3.63) is 71.4 Å². The predicted octanol–water partition coefficient (Wildman–Crippen LogP) is 4.72. The Morgan fingerprint density at radius 1 is 1.12 bits per heavy atom. The number of aliphatic hydroxyl groups is 1. The molecule has 6 nitrogen and oxygen atoms in total. The summed E-state index contributed by atoms with van der Waals surface area (Å²) in [7, 11) is 1.63. The smallest absolute Gasteiger partial charge is 0.227 e. The van der Waals surface area contributed by atoms with Crippen LogP contribution in [0.5, 0.6) is 11.6 Å². The van der Waals surface area contributed by atoms with Gasteiger partial charge < -0.3 is 14.6 Å². The Balaban J connectivity index is 2.07. The van der Waals surface area contributed by atoms with Crippen molar-refractivity contribution in [1.82, 2.24) is 14.7 Å². The van der Waals surface area contributed by atoms with Crippen LogP contribution in [0.2, 0.25) is 0 Å². The van der Waals surface area contributed by atoms with Crippen LogP contribution in [0.4, 0.5) is 8.78 Å². The van der Waals surface area contributed by atoms with Crippen LogP contribution in [0.3, 0.4) is 0 Å². The molecule has 1 N–H and O–H groups in total. The second kappa shape index (κ2) is 11.9. The van der Waals surface area contributed by atoms with Crippen molar-refractivity contribution >= 4 is 0 Å². The number of aryl methyl sites for hydroxylation is 1. The van der Waals surface area contributed by atoms with Gasteiger partial charge in [-0.15, -0.1) is 0 Å². The number of benzene rings is 2. The van der Waals surface area contributed by atoms with Crippen molar-refractivity contribution in [2.75, 3.05) is 26.8 Å². The average Bonchev–Trinajstić information content (AvgIpc) is 3.16. The summed E-state index contributed by atoms with van der Waals surface area (Å²) in [5.41, 5.74) is 2.34. The zero-order valence-electron chi connectivity index (χ0n) is 19.3. The van der Waals surface area contributed by atoms with E-state index in [1.807, 2.05) is 44.2 Å². The van der Waals surface area contributed by atoms with Crippen molar-refractivity contribution in [2.24, 2.45) is 0 Å². The predicted molar refractivity (Wildman–Crippen MR) is 123 cm³/mol. The van der Waals surface area contributed by atoms with Gasteiger partial charge in [-0.1, -0.05) is 32.0 Å². The molecule has 1 aromatic heterocycles. The first-order valence-electron chi connectivity index (χ1n) is 11.1. The summed E-state index contributed by atoms with van der Waals surface area (Å²) >= 11 is 0. The van der Waals surface area contributed by atoms with Gasteiger partial charge >= 0.3 is 0 Å². The Labute approximate surface area is 193 Å². The lowest BCUT2D eigenvalue weighted by atomic mass is 10.1. The molecule has 3 aromatic rings. The fraction of sp³-hybridized carbons (Fsp3) is 0.400. The van der Waals surface area contributed by atoms with Gasteiger partial charge in [0.15, 0.2) is 11.6 Å². The maximum atomic E-state index is 14.5. The summed E-state index contributed by atoms with van der Waals surface area (Å²) in [4.78, 5) is 2.07. The summed E-state index contributed by atoms with van der Waals surface area (Å²) in [6.45, 7) is 5.88. The number of aromatic nitrogens is 2. The molecule has 1 atom stereocenters. The van der Waals surface area contributed by atoms with Crippen molar-refractivity contribution in [2.45, 2.75) is 39.3 Å². The Morgan fingerprint density at radius 3 is 2.52 bits per heavy atom. The minimum atomic E-state index is -0.794. The van der Waals surface area contributed by atoms with Crippen LogP contribution in [0.1, 0.15) is 31.5 Å². The highest BCUT2D eigenvalue weighted by Gasteiger charge is 2.24. The first-order chi connectivity index (χ1) is 16.0. The highest BCUT2D eigenvalue weighted by atomic mass is 19.1. The summed E-state index contributed by atoms with van der Waals surface area (Å²) in [6.07, 6.45) is 0.763. The van der Waals surface area contributed by atoms with Gasteiger partial charge in [-0.05, 0) is 37.1 Å². The standard InChI is InChI=1S/C25H31F2N3O3/c1-4-20(31)16-29(13-14-32-3)17-21-23(5-2)28-30(19-9-7-6-8-10-19)25(21)33-24-12-11-18(26)15-22(24)27/h6-12,15,20,31H,4-5,13-14,16-17H2,1-3H3/t20-/m0/s1. The Bertz CT molecular complexity index is 1030. The van der Waals surface area contributed by atoms with Crippen LogP contribution in [0.15, 0.2) is 48.5 Å². The van der Waals surface area contributed by atoms with E-state index in [9.17, 15) is 13.9 Å². The van der Waals surface area contributed by atoms with E-state index in [0.29, 0.717) is 45.0 Å². The summed E-state index contributed by atoms with van der Waals surface area (Å²) in [5, 5.41) is 15.0. The number of aliphatic hydroxyl groups excluding tert-OH is 1. The summed E-state index contributed by atoms with van der Waals surface area (Å²) < 4.78 is 40.9. The minimum absolute atomic E-state index is 0.0885. The molecule has 0 aliphatic heterocycles. The number of rotatable bonds is 12. The van der Waals surface area contributed by atoms with Crippen molar-refractivity contribution in [1.29, 1.82) is 0 Å². The molecular formula is C25H31F2N3O3. The molecule has 0 aliphatic rings. The molecule has 178 valence electrons. The van der Waals surface area contributed by atoms with Gasteiger partial charge in [-0.3, -0.25) is 4.90 Å². The number of para-hydroxylation sites is 1. The van der Waals surface area contributed by atoms with E-state index >= 15 is 0 Å². The topological polar surface area (TPSA) is 59.8 Å². The van der Waals surface area contributed by atoms with E-state index in [0.717, 1.165) is 29.1 Å². The first-order valence-corrected chi connectivity index (χ1v) is 11.1. The third-order valence-electron chi connectivity index (χ3n) is 5.39. The number of methoxy groups -OCH3 is 1. The number of halogens is 2. The van der Waals surface area contributed by atoms with E-state index in [2.05, 4.69) is 4.90 Å². The van der Waals surface area contributed by atoms with E-state index in [4.69, 9.17) is 14.6 Å². The molecule has 0 radical (unpaired) electrons. The van der Waals surface area contributed by atoms with Gasteiger partial charge in [0.25, 0.3) is 0 Å². The molecule has 1 heterocycles. The molecular weight excluding hydrogens is 428 g/mol. The van der Waals surface area contributed by atoms with Crippen LogP contribution in [-0.2, 0) is 17.7 Å². The maximum Gasteiger partial charge on any atom is 0.227 e. The maximum absolute atomic E-state index is 14.5. The van der Waals surface area contributed by atoms with Gasteiger partial charge in [-0.25, -0.2) is 13.5 Å². The monoisotopic (exact) mass is 459 g/mol. The molecule has 33 heavy (non-hydrogen) atoms. The Hall–Kier alpha value is -2.81. The SMILES string of the molecule is CCc1nn(-c2ccccc2)c(Oc2ccc(F)cc2F)c1CN(CCOC)C[C@@H](O)CC. The highest BCUT2D eigenvalue weighted by molar-refractivity contribution is 5.44. The van der Waals surface area contributed by atoms with Gasteiger partial charge in [0.2, 0.25) is 5.88 Å². The van der Waals surface area contributed by atoms with Crippen LogP contribution >= 0.6 is 0 Å². The average molecular weight is 460 g/mol. The zero-order valence-corrected chi connectivity index (χ0v) is 19.3. The molecule has 0 spiro atoms. The summed E-state index contributed by atoms with van der Waals surface area (Å²) in [5.74, 6) is -1.20. The van der Waals surface area contributed by atoms with Crippen LogP contribution < -0.4 is 4.74 Å². The first kappa shape index (κ1) is 24.8. The number of hydrogen-bond acceptors (Lipinski definition) is 5. The second-order valence-corrected chi connectivity index (χ2v) is 7.80. The lowest BCUT2D eigenvalue weighted by Gasteiger charge is -2.25. The number of nitrogens with zero attached hydrogens (tertiary/aromatic N) is 3. The largest absolute Gasteiger partial charge is 0.435 e. The molecule has 0 amide bonds. The minimum Gasteiger partial charge on any atom is -0.435 e. The van der Waals surface area contributed by atoms with Crippen LogP contribution in [-0.4, -0.2) is 52.7 Å². The van der Waals surface area contributed by atoms with Crippen molar-refractivity contribution < 1.29 is 23.4 Å². The third-order valence-corrected chi connectivity index (χ3v) is 5.39. The Morgan fingerprint density at radius 2 is 1.88 bits per heavy atom. The molecule has 8 heteroatoms. The second-order valence-electron chi connectivity index (χ2n) is 7.80. The lowest BCUT2D eigenvalue weighted by Crippen LogP contribution is -2.34. The molecule has 2 aromatic carbocycles.